The quantitative estimate of drug-likeness (QED) is 0.858. The van der Waals surface area contributed by atoms with E-state index in [0.717, 1.165) is 42.4 Å². The topological polar surface area (TPSA) is 33.4 Å². The van der Waals surface area contributed by atoms with Crippen LogP contribution >= 0.6 is 0 Å². The summed E-state index contributed by atoms with van der Waals surface area (Å²) in [5.74, 6) is 1.37. The molecule has 1 aliphatic carbocycles. The van der Waals surface area contributed by atoms with Crippen molar-refractivity contribution in [3.8, 4) is 0 Å². The van der Waals surface area contributed by atoms with E-state index >= 15 is 0 Å². The Kier molecular flexibility index (Phi) is 2.90. The smallest absolute Gasteiger partial charge is 0.136 e. The van der Waals surface area contributed by atoms with Gasteiger partial charge in [0.2, 0.25) is 0 Å². The van der Waals surface area contributed by atoms with E-state index in [-0.39, 0.29) is 0 Å². The number of fused-ring (bicyclic) bond motifs is 1. The van der Waals surface area contributed by atoms with Crippen LogP contribution in [0.3, 0.4) is 0 Å². The standard InChI is InChI=1S/C16H20O2/c1-2-12-6-5-9-16(17,11-12)15-10-13-7-3-4-8-14(13)18-15/h3-4,7-8,10,12,17H,2,5-6,9,11H2,1H3. The fraction of sp³-hybridized carbons (Fsp3) is 0.500. The second kappa shape index (κ2) is 4.43. The first-order chi connectivity index (χ1) is 8.71. The molecule has 18 heavy (non-hydrogen) atoms. The Balaban J connectivity index is 1.96. The Hall–Kier alpha value is -1.28. The van der Waals surface area contributed by atoms with E-state index in [1.165, 1.54) is 6.42 Å². The number of benzene rings is 1. The molecule has 1 N–H and O–H groups in total. The molecule has 0 radical (unpaired) electrons. The van der Waals surface area contributed by atoms with Crippen LogP contribution in [-0.4, -0.2) is 5.11 Å². The predicted octanol–water partition coefficient (Wildman–Crippen LogP) is 4.22. The van der Waals surface area contributed by atoms with Crippen molar-refractivity contribution in [2.45, 2.75) is 44.6 Å². The highest BCUT2D eigenvalue weighted by molar-refractivity contribution is 5.77. The summed E-state index contributed by atoms with van der Waals surface area (Å²) in [4.78, 5) is 0. The fourth-order valence-electron chi connectivity index (χ4n) is 3.15. The van der Waals surface area contributed by atoms with Crippen LogP contribution in [0.15, 0.2) is 34.7 Å². The van der Waals surface area contributed by atoms with Crippen LogP contribution in [0.2, 0.25) is 0 Å². The summed E-state index contributed by atoms with van der Waals surface area (Å²) in [5.41, 5.74) is 0.123. The van der Waals surface area contributed by atoms with Gasteiger partial charge in [0.15, 0.2) is 0 Å². The Labute approximate surface area is 108 Å². The molecule has 2 atom stereocenters. The summed E-state index contributed by atoms with van der Waals surface area (Å²) < 4.78 is 5.85. The lowest BCUT2D eigenvalue weighted by atomic mass is 9.76. The van der Waals surface area contributed by atoms with Crippen LogP contribution in [0.25, 0.3) is 11.0 Å². The summed E-state index contributed by atoms with van der Waals surface area (Å²) >= 11 is 0. The van der Waals surface area contributed by atoms with Crippen molar-refractivity contribution in [1.29, 1.82) is 0 Å². The number of rotatable bonds is 2. The molecule has 0 aliphatic heterocycles. The van der Waals surface area contributed by atoms with Gasteiger partial charge in [-0.2, -0.15) is 0 Å². The third-order valence-corrected chi connectivity index (χ3v) is 4.29. The van der Waals surface area contributed by atoms with E-state index in [1.807, 2.05) is 30.3 Å². The average Bonchev–Trinajstić information content (AvgIpc) is 2.83. The molecule has 2 aromatic rings. The van der Waals surface area contributed by atoms with Crippen LogP contribution in [-0.2, 0) is 5.60 Å². The van der Waals surface area contributed by atoms with Gasteiger partial charge in [0.05, 0.1) is 0 Å². The van der Waals surface area contributed by atoms with Gasteiger partial charge in [-0.05, 0) is 37.3 Å². The Morgan fingerprint density at radius 3 is 3.00 bits per heavy atom. The number of para-hydroxylation sites is 1. The highest BCUT2D eigenvalue weighted by atomic mass is 16.4. The summed E-state index contributed by atoms with van der Waals surface area (Å²) in [7, 11) is 0. The zero-order valence-electron chi connectivity index (χ0n) is 10.9. The fourth-order valence-corrected chi connectivity index (χ4v) is 3.15. The van der Waals surface area contributed by atoms with Gasteiger partial charge in [0.1, 0.15) is 16.9 Å². The first kappa shape index (κ1) is 11.8. The monoisotopic (exact) mass is 244 g/mol. The van der Waals surface area contributed by atoms with Crippen molar-refractivity contribution >= 4 is 11.0 Å². The number of aliphatic hydroxyl groups is 1. The maximum absolute atomic E-state index is 10.9. The molecule has 1 aliphatic rings. The van der Waals surface area contributed by atoms with Gasteiger partial charge in [-0.25, -0.2) is 0 Å². The SMILES string of the molecule is CCC1CCCC(O)(c2cc3ccccc3o2)C1. The third kappa shape index (κ3) is 1.95. The second-order valence-electron chi connectivity index (χ2n) is 5.55. The average molecular weight is 244 g/mol. The molecule has 0 saturated heterocycles. The Morgan fingerprint density at radius 2 is 2.22 bits per heavy atom. The molecule has 96 valence electrons. The molecule has 1 saturated carbocycles. The van der Waals surface area contributed by atoms with E-state index in [2.05, 4.69) is 6.92 Å². The van der Waals surface area contributed by atoms with Crippen LogP contribution in [0, 0.1) is 5.92 Å². The highest BCUT2D eigenvalue weighted by Gasteiger charge is 2.38. The maximum atomic E-state index is 10.9. The van der Waals surface area contributed by atoms with E-state index in [9.17, 15) is 5.11 Å². The minimum atomic E-state index is -0.752. The lowest BCUT2D eigenvalue weighted by Crippen LogP contribution is -2.32. The molecule has 0 bridgehead atoms. The van der Waals surface area contributed by atoms with E-state index in [4.69, 9.17) is 4.42 Å². The number of hydrogen-bond donors (Lipinski definition) is 1. The molecule has 0 amide bonds. The summed E-state index contributed by atoms with van der Waals surface area (Å²) in [6.07, 6.45) is 5.13. The molecule has 1 heterocycles. The van der Waals surface area contributed by atoms with Gasteiger partial charge in [-0.15, -0.1) is 0 Å². The van der Waals surface area contributed by atoms with Crippen molar-refractivity contribution in [1.82, 2.24) is 0 Å². The minimum Gasteiger partial charge on any atom is -0.458 e. The van der Waals surface area contributed by atoms with Crippen molar-refractivity contribution in [2.24, 2.45) is 5.92 Å². The molecule has 2 nitrogen and oxygen atoms in total. The lowest BCUT2D eigenvalue weighted by Gasteiger charge is -2.34. The molecular formula is C16H20O2. The first-order valence-electron chi connectivity index (χ1n) is 6.93. The van der Waals surface area contributed by atoms with E-state index in [0.29, 0.717) is 5.92 Å². The normalized spacial score (nSPS) is 28.7. The maximum Gasteiger partial charge on any atom is 0.136 e. The van der Waals surface area contributed by atoms with Crippen molar-refractivity contribution in [2.75, 3.05) is 0 Å². The highest BCUT2D eigenvalue weighted by Crippen LogP contribution is 2.42. The summed E-state index contributed by atoms with van der Waals surface area (Å²) in [5, 5.41) is 11.9. The van der Waals surface area contributed by atoms with E-state index in [1.54, 1.807) is 0 Å². The summed E-state index contributed by atoms with van der Waals surface area (Å²) in [6, 6.07) is 9.97. The lowest BCUT2D eigenvalue weighted by molar-refractivity contribution is -0.0379. The van der Waals surface area contributed by atoms with Crippen molar-refractivity contribution in [3.63, 3.8) is 0 Å². The number of furan rings is 1. The van der Waals surface area contributed by atoms with Gasteiger partial charge in [-0.3, -0.25) is 0 Å². The summed E-state index contributed by atoms with van der Waals surface area (Å²) in [6.45, 7) is 2.20. The largest absolute Gasteiger partial charge is 0.458 e. The number of hydrogen-bond acceptors (Lipinski definition) is 2. The zero-order chi connectivity index (χ0) is 12.6. The minimum absolute atomic E-state index is 0.622. The molecule has 1 aromatic carbocycles. The molecule has 1 fully saturated rings. The molecule has 2 unspecified atom stereocenters. The second-order valence-corrected chi connectivity index (χ2v) is 5.55. The van der Waals surface area contributed by atoms with Crippen LogP contribution in [0.4, 0.5) is 0 Å². The van der Waals surface area contributed by atoms with Crippen LogP contribution < -0.4 is 0 Å². The predicted molar refractivity (Wildman–Crippen MR) is 72.4 cm³/mol. The molecule has 0 spiro atoms. The third-order valence-electron chi connectivity index (χ3n) is 4.29. The van der Waals surface area contributed by atoms with Crippen LogP contribution in [0.1, 0.15) is 44.8 Å². The molecular weight excluding hydrogens is 224 g/mol. The van der Waals surface area contributed by atoms with Gasteiger partial charge in [0, 0.05) is 5.39 Å². The Morgan fingerprint density at radius 1 is 1.39 bits per heavy atom. The van der Waals surface area contributed by atoms with Crippen molar-refractivity contribution in [3.05, 3.63) is 36.1 Å². The van der Waals surface area contributed by atoms with Gasteiger partial charge < -0.3 is 9.52 Å². The van der Waals surface area contributed by atoms with Gasteiger partial charge >= 0.3 is 0 Å². The van der Waals surface area contributed by atoms with Gasteiger partial charge in [-0.1, -0.05) is 38.0 Å². The van der Waals surface area contributed by atoms with Crippen LogP contribution in [0.5, 0.6) is 0 Å². The van der Waals surface area contributed by atoms with Gasteiger partial charge in [0.25, 0.3) is 0 Å². The zero-order valence-corrected chi connectivity index (χ0v) is 10.9. The molecule has 1 aromatic heterocycles. The Bertz CT molecular complexity index is 510. The molecule has 3 rings (SSSR count). The molecule has 2 heteroatoms. The van der Waals surface area contributed by atoms with E-state index < -0.39 is 5.60 Å². The first-order valence-corrected chi connectivity index (χ1v) is 6.93. The van der Waals surface area contributed by atoms with Crippen molar-refractivity contribution < 1.29 is 9.52 Å².